The molecule has 180 valence electrons. The Kier molecular flexibility index (Phi) is 6.15. The van der Waals surface area contributed by atoms with Crippen molar-refractivity contribution in [3.8, 4) is 11.3 Å². The van der Waals surface area contributed by atoms with Gasteiger partial charge in [-0.15, -0.1) is 0 Å². The Balaban J connectivity index is 1.51. The molecule has 4 N–H and O–H groups in total. The van der Waals surface area contributed by atoms with Crippen LogP contribution in [0.15, 0.2) is 43.0 Å². The molecule has 0 bridgehead atoms. The molecule has 1 aromatic carbocycles. The van der Waals surface area contributed by atoms with Crippen LogP contribution in [-0.4, -0.2) is 63.8 Å². The van der Waals surface area contributed by atoms with Crippen molar-refractivity contribution in [1.82, 2.24) is 24.5 Å². The maximum absolute atomic E-state index is 12.4. The molecule has 1 aliphatic heterocycles. The molecule has 11 heteroatoms. The van der Waals surface area contributed by atoms with E-state index in [1.165, 1.54) is 0 Å². The largest absolute Gasteiger partial charge is 0.378 e. The number of benzene rings is 1. The number of amides is 1. The SMILES string of the molecule is CCn1cnc2c(-c3nc(C(N)=O)c(Nc4ccc(N5CCOCC5)cc4)nc3NC)cncc21. The molecular weight excluding hydrogens is 446 g/mol. The highest BCUT2D eigenvalue weighted by Crippen LogP contribution is 2.32. The molecule has 0 atom stereocenters. The number of pyridine rings is 1. The highest BCUT2D eigenvalue weighted by molar-refractivity contribution is 5.99. The Bertz CT molecular complexity index is 1360. The zero-order chi connectivity index (χ0) is 24.4. The van der Waals surface area contributed by atoms with Crippen molar-refractivity contribution in [3.05, 3.63) is 48.7 Å². The van der Waals surface area contributed by atoms with Crippen LogP contribution < -0.4 is 21.3 Å². The van der Waals surface area contributed by atoms with Gasteiger partial charge in [0.25, 0.3) is 5.91 Å². The third kappa shape index (κ3) is 4.33. The van der Waals surface area contributed by atoms with E-state index >= 15 is 0 Å². The van der Waals surface area contributed by atoms with Gasteiger partial charge in [-0.25, -0.2) is 15.0 Å². The maximum Gasteiger partial charge on any atom is 0.271 e. The fourth-order valence-electron chi connectivity index (χ4n) is 4.17. The van der Waals surface area contributed by atoms with Gasteiger partial charge < -0.3 is 30.6 Å². The van der Waals surface area contributed by atoms with Gasteiger partial charge in [-0.3, -0.25) is 9.78 Å². The molecule has 1 aliphatic rings. The number of morpholine rings is 1. The first-order valence-corrected chi connectivity index (χ1v) is 11.5. The number of rotatable bonds is 7. The number of nitrogens with one attached hydrogen (secondary N) is 2. The van der Waals surface area contributed by atoms with Crippen LogP contribution in [0.3, 0.4) is 0 Å². The lowest BCUT2D eigenvalue weighted by molar-refractivity contribution is 0.0996. The van der Waals surface area contributed by atoms with Gasteiger partial charge in [-0.1, -0.05) is 0 Å². The second-order valence-corrected chi connectivity index (χ2v) is 8.09. The highest BCUT2D eigenvalue weighted by atomic mass is 16.5. The summed E-state index contributed by atoms with van der Waals surface area (Å²) in [6.07, 6.45) is 5.18. The monoisotopic (exact) mass is 473 g/mol. The van der Waals surface area contributed by atoms with Gasteiger partial charge in [0, 0.05) is 44.3 Å². The van der Waals surface area contributed by atoms with Crippen LogP contribution in [-0.2, 0) is 11.3 Å². The first-order valence-electron chi connectivity index (χ1n) is 11.5. The lowest BCUT2D eigenvalue weighted by atomic mass is 10.1. The lowest BCUT2D eigenvalue weighted by Crippen LogP contribution is -2.36. The van der Waals surface area contributed by atoms with Crippen LogP contribution in [0.25, 0.3) is 22.3 Å². The van der Waals surface area contributed by atoms with E-state index in [0.717, 1.165) is 55.3 Å². The number of anilines is 4. The van der Waals surface area contributed by atoms with Crippen molar-refractivity contribution in [3.63, 3.8) is 0 Å². The molecule has 0 radical (unpaired) electrons. The zero-order valence-electron chi connectivity index (χ0n) is 19.7. The Morgan fingerprint density at radius 1 is 1.11 bits per heavy atom. The van der Waals surface area contributed by atoms with Crippen molar-refractivity contribution in [2.24, 2.45) is 5.73 Å². The van der Waals surface area contributed by atoms with Gasteiger partial charge in [-0.2, -0.15) is 0 Å². The van der Waals surface area contributed by atoms with E-state index in [4.69, 9.17) is 10.5 Å². The summed E-state index contributed by atoms with van der Waals surface area (Å²) in [6.45, 7) is 5.94. The smallest absolute Gasteiger partial charge is 0.271 e. The van der Waals surface area contributed by atoms with Gasteiger partial charge in [0.2, 0.25) is 0 Å². The fourth-order valence-corrected chi connectivity index (χ4v) is 4.17. The van der Waals surface area contributed by atoms with Crippen molar-refractivity contribution in [2.45, 2.75) is 13.5 Å². The number of nitrogens with two attached hydrogens (primary N) is 1. The molecule has 0 aliphatic carbocycles. The Hall–Kier alpha value is -4.25. The number of carbonyl (C=O) groups excluding carboxylic acids is 1. The second-order valence-electron chi connectivity index (χ2n) is 8.09. The molecule has 4 aromatic rings. The number of carbonyl (C=O) groups is 1. The number of fused-ring (bicyclic) bond motifs is 1. The van der Waals surface area contributed by atoms with E-state index in [2.05, 4.69) is 35.5 Å². The molecule has 4 heterocycles. The van der Waals surface area contributed by atoms with Crippen LogP contribution in [0.1, 0.15) is 17.4 Å². The quantitative estimate of drug-likeness (QED) is 0.370. The van der Waals surface area contributed by atoms with Crippen molar-refractivity contribution in [2.75, 3.05) is 48.9 Å². The Morgan fingerprint density at radius 2 is 1.89 bits per heavy atom. The standard InChI is InChI=1S/C24H27N9O2/c1-3-32-14-28-19-17(12-27-13-18(19)32)20-23(26-2)31-24(21(30-20)22(25)34)29-15-4-6-16(7-5-15)33-8-10-35-11-9-33/h4-7,12-14H,3,8-11H2,1-2H3,(H2,25,34)(H2,26,29,31). The number of primary amides is 1. The number of hydrogen-bond acceptors (Lipinski definition) is 9. The third-order valence-corrected chi connectivity index (χ3v) is 6.00. The summed E-state index contributed by atoms with van der Waals surface area (Å²) in [4.78, 5) is 32.8. The fraction of sp³-hybridized carbons (Fsp3) is 0.292. The topological polar surface area (TPSA) is 136 Å². The maximum atomic E-state index is 12.4. The van der Waals surface area contributed by atoms with E-state index in [1.54, 1.807) is 25.8 Å². The molecule has 11 nitrogen and oxygen atoms in total. The Morgan fingerprint density at radius 3 is 2.57 bits per heavy atom. The first-order chi connectivity index (χ1) is 17.1. The average molecular weight is 474 g/mol. The number of nitrogens with zero attached hydrogens (tertiary/aromatic N) is 6. The third-order valence-electron chi connectivity index (χ3n) is 6.00. The summed E-state index contributed by atoms with van der Waals surface area (Å²) in [5.74, 6) is 0.0554. The number of aryl methyl sites for hydroxylation is 1. The minimum Gasteiger partial charge on any atom is -0.378 e. The Labute approximate surface area is 202 Å². The van der Waals surface area contributed by atoms with E-state index in [0.29, 0.717) is 17.1 Å². The predicted molar refractivity (Wildman–Crippen MR) is 135 cm³/mol. The molecule has 0 spiro atoms. The summed E-state index contributed by atoms with van der Waals surface area (Å²) >= 11 is 0. The molecule has 35 heavy (non-hydrogen) atoms. The van der Waals surface area contributed by atoms with Crippen LogP contribution >= 0.6 is 0 Å². The summed E-state index contributed by atoms with van der Waals surface area (Å²) in [6, 6.07) is 7.92. The van der Waals surface area contributed by atoms with E-state index in [-0.39, 0.29) is 11.5 Å². The van der Waals surface area contributed by atoms with Crippen LogP contribution in [0.5, 0.6) is 0 Å². The predicted octanol–water partition coefficient (Wildman–Crippen LogP) is 2.63. The van der Waals surface area contributed by atoms with Gasteiger partial charge in [-0.05, 0) is 31.2 Å². The van der Waals surface area contributed by atoms with Gasteiger partial charge in [0.1, 0.15) is 11.2 Å². The van der Waals surface area contributed by atoms with E-state index in [9.17, 15) is 4.79 Å². The number of hydrogen-bond donors (Lipinski definition) is 3. The van der Waals surface area contributed by atoms with Crippen LogP contribution in [0.4, 0.5) is 23.0 Å². The molecule has 1 amide bonds. The molecule has 0 unspecified atom stereocenters. The van der Waals surface area contributed by atoms with E-state index in [1.807, 2.05) is 35.8 Å². The lowest BCUT2D eigenvalue weighted by Gasteiger charge is -2.29. The summed E-state index contributed by atoms with van der Waals surface area (Å²) in [5, 5.41) is 6.27. The minimum absolute atomic E-state index is 0.0307. The average Bonchev–Trinajstić information content (AvgIpc) is 3.33. The summed E-state index contributed by atoms with van der Waals surface area (Å²) in [5.41, 5.74) is 10.3. The van der Waals surface area contributed by atoms with Gasteiger partial charge >= 0.3 is 0 Å². The highest BCUT2D eigenvalue weighted by Gasteiger charge is 2.21. The van der Waals surface area contributed by atoms with Crippen LogP contribution in [0, 0.1) is 0 Å². The van der Waals surface area contributed by atoms with Gasteiger partial charge in [0.05, 0.1) is 36.8 Å². The van der Waals surface area contributed by atoms with Crippen molar-refractivity contribution >= 4 is 40.0 Å². The van der Waals surface area contributed by atoms with Gasteiger partial charge in [0.15, 0.2) is 17.3 Å². The first kappa shape index (κ1) is 22.5. The normalized spacial score (nSPS) is 13.7. The van der Waals surface area contributed by atoms with Crippen molar-refractivity contribution in [1.29, 1.82) is 0 Å². The van der Waals surface area contributed by atoms with E-state index < -0.39 is 5.91 Å². The summed E-state index contributed by atoms with van der Waals surface area (Å²) in [7, 11) is 1.75. The second kappa shape index (κ2) is 9.55. The molecule has 0 saturated carbocycles. The molecule has 5 rings (SSSR count). The number of imidazole rings is 1. The number of aromatic nitrogens is 5. The minimum atomic E-state index is -0.687. The zero-order valence-corrected chi connectivity index (χ0v) is 19.7. The molecule has 3 aromatic heterocycles. The van der Waals surface area contributed by atoms with Crippen LogP contribution in [0.2, 0.25) is 0 Å². The molecule has 1 saturated heterocycles. The molecular formula is C24H27N9O2. The summed E-state index contributed by atoms with van der Waals surface area (Å²) < 4.78 is 7.42. The molecule has 1 fully saturated rings. The van der Waals surface area contributed by atoms with Crippen molar-refractivity contribution < 1.29 is 9.53 Å². The number of ether oxygens (including phenoxy) is 1.